The van der Waals surface area contributed by atoms with Crippen LogP contribution in [-0.2, 0) is 14.9 Å². The highest BCUT2D eigenvalue weighted by Crippen LogP contribution is 2.32. The van der Waals surface area contributed by atoms with E-state index in [4.69, 9.17) is 0 Å². The molecule has 0 aromatic rings. The minimum atomic E-state index is -4.49. The first-order valence-corrected chi connectivity index (χ1v) is 8.22. The van der Waals surface area contributed by atoms with Gasteiger partial charge < -0.3 is 0 Å². The molecule has 5 nitrogen and oxygen atoms in total. The summed E-state index contributed by atoms with van der Waals surface area (Å²) in [5.74, 6) is -0.390. The van der Waals surface area contributed by atoms with Crippen LogP contribution in [0.1, 0.15) is 33.1 Å². The summed E-state index contributed by atoms with van der Waals surface area (Å²) < 4.78 is 33.9. The smallest absolute Gasteiger partial charge is 0.284 e. The first-order valence-electron chi connectivity index (χ1n) is 6.78. The van der Waals surface area contributed by atoms with Gasteiger partial charge in [-0.1, -0.05) is 32.1 Å². The molecule has 0 radical (unpaired) electrons. The maximum Gasteiger partial charge on any atom is 0.284 e. The summed E-state index contributed by atoms with van der Waals surface area (Å²) in [5, 5.41) is 0. The van der Waals surface area contributed by atoms with Crippen LogP contribution in [0.5, 0.6) is 0 Å². The van der Waals surface area contributed by atoms with E-state index in [0.717, 1.165) is 0 Å². The van der Waals surface area contributed by atoms with Crippen molar-refractivity contribution >= 4 is 15.9 Å². The number of allylic oxidation sites excluding steroid dienone is 1. The number of hydrogen-bond donors (Lipinski definition) is 1. The Morgan fingerprint density at radius 2 is 1.76 bits per heavy atom. The monoisotopic (exact) mass is 315 g/mol. The van der Waals surface area contributed by atoms with Gasteiger partial charge in [-0.25, -0.2) is 0 Å². The molecule has 0 bridgehead atoms. The van der Waals surface area contributed by atoms with Crippen molar-refractivity contribution in [1.29, 1.82) is 0 Å². The molecule has 1 N–H and O–H groups in total. The fourth-order valence-electron chi connectivity index (χ4n) is 2.25. The lowest BCUT2D eigenvalue weighted by Gasteiger charge is -2.40. The van der Waals surface area contributed by atoms with E-state index in [1.807, 2.05) is 0 Å². The Morgan fingerprint density at radius 1 is 1.29 bits per heavy atom. The topological polar surface area (TPSA) is 74.7 Å². The van der Waals surface area contributed by atoms with Gasteiger partial charge in [-0.2, -0.15) is 8.42 Å². The summed E-state index contributed by atoms with van der Waals surface area (Å²) in [4.78, 5) is 11.9. The van der Waals surface area contributed by atoms with E-state index in [1.54, 1.807) is 6.92 Å². The molecule has 0 amide bonds. The van der Waals surface area contributed by atoms with Gasteiger partial charge >= 0.3 is 0 Å². The van der Waals surface area contributed by atoms with Crippen LogP contribution in [0.15, 0.2) is 37.5 Å². The molecular formula is C15H25NO4S. The van der Waals surface area contributed by atoms with Crippen LogP contribution in [0, 0.1) is 0 Å². The second kappa shape index (κ2) is 8.26. The highest BCUT2D eigenvalue weighted by atomic mass is 32.2. The summed E-state index contributed by atoms with van der Waals surface area (Å²) in [7, 11) is -4.49. The minimum Gasteiger partial charge on any atom is -0.294 e. The van der Waals surface area contributed by atoms with Crippen LogP contribution in [0.4, 0.5) is 0 Å². The van der Waals surface area contributed by atoms with Gasteiger partial charge in [0.1, 0.15) is 0 Å². The van der Waals surface area contributed by atoms with Crippen LogP contribution in [0.3, 0.4) is 0 Å². The number of Topliss-reactive ketones (excluding diaryl/α,β-unsaturated/α-hetero) is 1. The van der Waals surface area contributed by atoms with Gasteiger partial charge in [-0.15, -0.1) is 13.2 Å². The second-order valence-electron chi connectivity index (χ2n) is 5.03. The van der Waals surface area contributed by atoms with Gasteiger partial charge in [0.05, 0.1) is 0 Å². The molecule has 0 saturated carbocycles. The number of hydrogen-bond acceptors (Lipinski definition) is 4. The molecular weight excluding hydrogens is 290 g/mol. The summed E-state index contributed by atoms with van der Waals surface area (Å²) in [6.45, 7) is 14.5. The predicted octanol–water partition coefficient (Wildman–Crippen LogP) is 2.58. The Kier molecular flexibility index (Phi) is 7.78. The van der Waals surface area contributed by atoms with E-state index >= 15 is 0 Å². The molecule has 0 aliphatic rings. The van der Waals surface area contributed by atoms with Gasteiger partial charge in [0, 0.05) is 19.5 Å². The Labute approximate surface area is 127 Å². The fraction of sp³-hybridized carbons (Fsp3) is 0.533. The maximum absolute atomic E-state index is 12.1. The molecule has 0 aliphatic carbocycles. The number of rotatable bonds is 11. The zero-order chi connectivity index (χ0) is 16.7. The summed E-state index contributed by atoms with van der Waals surface area (Å²) in [5.41, 5.74) is 0.260. The van der Waals surface area contributed by atoms with Gasteiger partial charge in [-0.05, 0) is 18.9 Å². The zero-order valence-corrected chi connectivity index (χ0v) is 13.7. The largest absolute Gasteiger partial charge is 0.294 e. The number of carbonyl (C=O) groups is 1. The van der Waals surface area contributed by atoms with Crippen molar-refractivity contribution in [1.82, 2.24) is 4.90 Å². The Hall–Kier alpha value is -1.24. The lowest BCUT2D eigenvalue weighted by atomic mass is 9.99. The van der Waals surface area contributed by atoms with Crippen LogP contribution < -0.4 is 0 Å². The van der Waals surface area contributed by atoms with Gasteiger partial charge in [0.2, 0.25) is 0 Å². The Bertz CT molecular complexity index is 500. The molecule has 21 heavy (non-hydrogen) atoms. The Morgan fingerprint density at radius 3 is 2.05 bits per heavy atom. The molecule has 0 spiro atoms. The Balaban J connectivity index is 5.99. The van der Waals surface area contributed by atoms with E-state index < -0.39 is 15.0 Å². The molecule has 120 valence electrons. The summed E-state index contributed by atoms with van der Waals surface area (Å²) in [6, 6.07) is 0. The summed E-state index contributed by atoms with van der Waals surface area (Å²) in [6.07, 6.45) is 3.35. The average Bonchev–Trinajstić information content (AvgIpc) is 2.36. The van der Waals surface area contributed by atoms with Gasteiger partial charge in [0.25, 0.3) is 10.1 Å². The number of nitrogens with zero attached hydrogens (tertiary/aromatic N) is 1. The number of carbonyl (C=O) groups excluding carboxylic acids is 1. The highest BCUT2D eigenvalue weighted by molar-refractivity contribution is 7.87. The zero-order valence-electron chi connectivity index (χ0n) is 12.8. The molecule has 0 saturated heterocycles. The lowest BCUT2D eigenvalue weighted by molar-refractivity contribution is -0.117. The van der Waals surface area contributed by atoms with Crippen molar-refractivity contribution in [2.24, 2.45) is 0 Å². The normalized spacial score (nSPS) is 14.5. The molecule has 1 unspecified atom stereocenters. The first-order chi connectivity index (χ1) is 9.66. The van der Waals surface area contributed by atoms with E-state index in [-0.39, 0.29) is 37.3 Å². The van der Waals surface area contributed by atoms with Crippen molar-refractivity contribution in [2.45, 2.75) is 38.0 Å². The van der Waals surface area contributed by atoms with E-state index in [9.17, 15) is 17.8 Å². The van der Waals surface area contributed by atoms with E-state index in [0.29, 0.717) is 6.42 Å². The number of ketones is 1. The van der Waals surface area contributed by atoms with Crippen LogP contribution in [0.25, 0.3) is 0 Å². The molecule has 0 heterocycles. The van der Waals surface area contributed by atoms with Crippen LogP contribution in [0.2, 0.25) is 0 Å². The van der Waals surface area contributed by atoms with Crippen molar-refractivity contribution in [3.05, 3.63) is 37.5 Å². The van der Waals surface area contributed by atoms with Crippen LogP contribution in [-0.4, -0.2) is 41.6 Å². The minimum absolute atomic E-state index is 0.131. The van der Waals surface area contributed by atoms with Crippen molar-refractivity contribution in [3.63, 3.8) is 0 Å². The van der Waals surface area contributed by atoms with Gasteiger partial charge in [-0.3, -0.25) is 14.2 Å². The molecule has 1 atom stereocenters. The summed E-state index contributed by atoms with van der Waals surface area (Å²) >= 11 is 0. The third kappa shape index (κ3) is 4.91. The van der Waals surface area contributed by atoms with Crippen molar-refractivity contribution < 1.29 is 17.8 Å². The lowest BCUT2D eigenvalue weighted by Crippen LogP contribution is -2.55. The molecule has 0 rings (SSSR count). The quantitative estimate of drug-likeness (QED) is 0.360. The first kappa shape index (κ1) is 19.8. The predicted molar refractivity (Wildman–Crippen MR) is 85.6 cm³/mol. The third-order valence-corrected chi connectivity index (χ3v) is 4.88. The molecule has 0 aliphatic heterocycles. The van der Waals surface area contributed by atoms with Crippen LogP contribution >= 0.6 is 0 Å². The molecule has 0 aromatic heterocycles. The van der Waals surface area contributed by atoms with E-state index in [2.05, 4.69) is 19.7 Å². The average molecular weight is 315 g/mol. The molecule has 0 fully saturated rings. The highest BCUT2D eigenvalue weighted by Gasteiger charge is 2.48. The maximum atomic E-state index is 12.1. The van der Waals surface area contributed by atoms with Gasteiger partial charge in [0.15, 0.2) is 10.7 Å². The molecule has 6 heteroatoms. The van der Waals surface area contributed by atoms with Crippen molar-refractivity contribution in [3.8, 4) is 0 Å². The fourth-order valence-corrected chi connectivity index (χ4v) is 3.50. The van der Waals surface area contributed by atoms with E-state index in [1.165, 1.54) is 24.0 Å². The standard InChI is InChI=1S/C15H25NO4S/c1-6-9-15(21(18,19)20,12-14(17)13(4)5)16(10-7-2)11-8-3/h7-8H,2-4,6,9-12H2,1,5H3,(H,18,19,20). The van der Waals surface area contributed by atoms with Crippen molar-refractivity contribution in [2.75, 3.05) is 13.1 Å². The third-order valence-electron chi connectivity index (χ3n) is 3.31. The SMILES string of the molecule is C=CCN(CC=C)C(CCC)(CC(=O)C(=C)C)S(=O)(=O)O. The second-order valence-corrected chi connectivity index (χ2v) is 6.74. The molecule has 0 aromatic carbocycles.